The molecule has 2 heterocycles. The average molecular weight is 497 g/mol. The second-order valence-corrected chi connectivity index (χ2v) is 12.6. The van der Waals surface area contributed by atoms with E-state index in [1.54, 1.807) is 30.3 Å². The Labute approximate surface area is 218 Å². The van der Waals surface area contributed by atoms with E-state index in [1.165, 1.54) is 114 Å². The second-order valence-electron chi connectivity index (χ2n) is 10.3. The van der Waals surface area contributed by atoms with Crippen molar-refractivity contribution in [1.82, 2.24) is 0 Å². The Balaban J connectivity index is 1.70. The molecule has 0 saturated heterocycles. The molecular formula is C32H48S2. The lowest BCUT2D eigenvalue weighted by Crippen LogP contribution is -1.94. The number of hydrogen-bond acceptors (Lipinski definition) is 2. The SMILES string of the molecule is CCCCCCCCc1c(C)sc2c(CCCCCCCC)c(CCc3ccc(C)cc3)sc12. The zero-order chi connectivity index (χ0) is 24.2. The van der Waals surface area contributed by atoms with Crippen LogP contribution in [0.2, 0.25) is 0 Å². The van der Waals surface area contributed by atoms with Crippen LogP contribution in [0, 0.1) is 13.8 Å². The maximum absolute atomic E-state index is 2.38. The third kappa shape index (κ3) is 8.23. The van der Waals surface area contributed by atoms with E-state index < -0.39 is 0 Å². The Kier molecular flexibility index (Phi) is 12.2. The van der Waals surface area contributed by atoms with E-state index in [1.807, 2.05) is 0 Å². The normalized spacial score (nSPS) is 11.6. The van der Waals surface area contributed by atoms with Crippen molar-refractivity contribution in [2.75, 3.05) is 0 Å². The monoisotopic (exact) mass is 496 g/mol. The largest absolute Gasteiger partial charge is 0.139 e. The van der Waals surface area contributed by atoms with Crippen LogP contribution in [0.5, 0.6) is 0 Å². The van der Waals surface area contributed by atoms with Crippen molar-refractivity contribution in [3.63, 3.8) is 0 Å². The van der Waals surface area contributed by atoms with E-state index in [0.29, 0.717) is 0 Å². The summed E-state index contributed by atoms with van der Waals surface area (Å²) in [7, 11) is 0. The molecule has 3 rings (SSSR count). The molecule has 0 bridgehead atoms. The molecule has 0 radical (unpaired) electrons. The molecule has 0 aliphatic rings. The van der Waals surface area contributed by atoms with Crippen molar-refractivity contribution in [2.45, 2.75) is 130 Å². The summed E-state index contributed by atoms with van der Waals surface area (Å²) < 4.78 is 3.30. The first-order valence-electron chi connectivity index (χ1n) is 14.2. The predicted octanol–water partition coefficient (Wildman–Crippen LogP) is 11.2. The van der Waals surface area contributed by atoms with Crippen molar-refractivity contribution in [1.29, 1.82) is 0 Å². The lowest BCUT2D eigenvalue weighted by Gasteiger charge is -2.06. The molecule has 0 atom stereocenters. The van der Waals surface area contributed by atoms with Crippen LogP contribution in [-0.2, 0) is 25.7 Å². The van der Waals surface area contributed by atoms with Crippen molar-refractivity contribution < 1.29 is 0 Å². The van der Waals surface area contributed by atoms with Gasteiger partial charge in [-0.2, -0.15) is 0 Å². The number of hydrogen-bond donors (Lipinski definition) is 0. The first-order valence-corrected chi connectivity index (χ1v) is 15.8. The molecule has 2 heteroatoms. The number of thiophene rings is 2. The van der Waals surface area contributed by atoms with Gasteiger partial charge < -0.3 is 0 Å². The average Bonchev–Trinajstić information content (AvgIpc) is 3.32. The topological polar surface area (TPSA) is 0 Å². The van der Waals surface area contributed by atoms with Gasteiger partial charge in [0.15, 0.2) is 0 Å². The van der Waals surface area contributed by atoms with Gasteiger partial charge in [-0.05, 0) is 69.1 Å². The third-order valence-corrected chi connectivity index (χ3v) is 10.0. The quantitative estimate of drug-likeness (QED) is 0.163. The fourth-order valence-corrected chi connectivity index (χ4v) is 8.05. The van der Waals surface area contributed by atoms with E-state index in [-0.39, 0.29) is 0 Å². The minimum atomic E-state index is 1.17. The fourth-order valence-electron chi connectivity index (χ4n) is 5.10. The molecular weight excluding hydrogens is 448 g/mol. The Morgan fingerprint density at radius 3 is 1.68 bits per heavy atom. The molecule has 0 unspecified atom stereocenters. The Morgan fingerprint density at radius 2 is 1.06 bits per heavy atom. The molecule has 3 aromatic rings. The molecule has 0 amide bonds. The number of rotatable bonds is 17. The second kappa shape index (κ2) is 15.1. The van der Waals surface area contributed by atoms with Crippen LogP contribution in [-0.4, -0.2) is 0 Å². The van der Waals surface area contributed by atoms with Gasteiger partial charge in [0.05, 0.1) is 0 Å². The summed E-state index contributed by atoms with van der Waals surface area (Å²) in [5.41, 5.74) is 6.24. The van der Waals surface area contributed by atoms with Crippen LogP contribution in [0.25, 0.3) is 9.40 Å². The van der Waals surface area contributed by atoms with Crippen molar-refractivity contribution >= 4 is 32.1 Å². The lowest BCUT2D eigenvalue weighted by atomic mass is 10.0. The van der Waals surface area contributed by atoms with Gasteiger partial charge in [-0.3, -0.25) is 0 Å². The summed E-state index contributed by atoms with van der Waals surface area (Å²) in [6.07, 6.45) is 21.6. The molecule has 34 heavy (non-hydrogen) atoms. The molecule has 0 aliphatic heterocycles. The van der Waals surface area contributed by atoms with Gasteiger partial charge in [0.25, 0.3) is 0 Å². The highest BCUT2D eigenvalue weighted by Gasteiger charge is 2.19. The molecule has 2 aromatic heterocycles. The van der Waals surface area contributed by atoms with E-state index >= 15 is 0 Å². The number of unbranched alkanes of at least 4 members (excludes halogenated alkanes) is 10. The molecule has 188 valence electrons. The highest BCUT2D eigenvalue weighted by atomic mass is 32.1. The molecule has 0 fully saturated rings. The van der Waals surface area contributed by atoms with Gasteiger partial charge in [-0.15, -0.1) is 22.7 Å². The molecule has 1 aromatic carbocycles. The Morgan fingerprint density at radius 1 is 0.529 bits per heavy atom. The maximum atomic E-state index is 2.38. The van der Waals surface area contributed by atoms with E-state index in [4.69, 9.17) is 0 Å². The van der Waals surface area contributed by atoms with Crippen molar-refractivity contribution in [2.24, 2.45) is 0 Å². The van der Waals surface area contributed by atoms with Gasteiger partial charge in [-0.1, -0.05) is 108 Å². The minimum Gasteiger partial charge on any atom is -0.139 e. The molecule has 0 spiro atoms. The minimum absolute atomic E-state index is 1.17. The summed E-state index contributed by atoms with van der Waals surface area (Å²) >= 11 is 4.25. The lowest BCUT2D eigenvalue weighted by molar-refractivity contribution is 0.607. The van der Waals surface area contributed by atoms with Gasteiger partial charge in [0, 0.05) is 19.2 Å². The van der Waals surface area contributed by atoms with Gasteiger partial charge in [0.2, 0.25) is 0 Å². The molecule has 0 saturated carbocycles. The smallest absolute Gasteiger partial charge is 0.0491 e. The van der Waals surface area contributed by atoms with E-state index in [9.17, 15) is 0 Å². The zero-order valence-corrected chi connectivity index (χ0v) is 24.1. The fraction of sp³-hybridized carbons (Fsp3) is 0.625. The first-order chi connectivity index (χ1) is 16.6. The highest BCUT2D eigenvalue weighted by molar-refractivity contribution is 7.28. The van der Waals surface area contributed by atoms with Gasteiger partial charge in [0.1, 0.15) is 0 Å². The summed E-state index contributed by atoms with van der Waals surface area (Å²) in [4.78, 5) is 3.27. The number of benzene rings is 1. The molecule has 0 aliphatic carbocycles. The first kappa shape index (κ1) is 27.5. The van der Waals surface area contributed by atoms with Crippen molar-refractivity contribution in [3.8, 4) is 0 Å². The molecule has 0 N–H and O–H groups in total. The van der Waals surface area contributed by atoms with E-state index in [2.05, 4.69) is 74.6 Å². The van der Waals surface area contributed by atoms with Crippen LogP contribution in [0.15, 0.2) is 24.3 Å². The molecule has 0 nitrogen and oxygen atoms in total. The third-order valence-electron chi connectivity index (χ3n) is 7.32. The van der Waals surface area contributed by atoms with Crippen LogP contribution < -0.4 is 0 Å². The maximum Gasteiger partial charge on any atom is 0.0491 e. The summed E-state index contributed by atoms with van der Waals surface area (Å²) in [5.74, 6) is 0. The van der Waals surface area contributed by atoms with E-state index in [0.717, 1.165) is 0 Å². The summed E-state index contributed by atoms with van der Waals surface area (Å²) in [6, 6.07) is 9.18. The number of fused-ring (bicyclic) bond motifs is 1. The zero-order valence-electron chi connectivity index (χ0n) is 22.4. The van der Waals surface area contributed by atoms with Crippen LogP contribution >= 0.6 is 22.7 Å². The Hall–Kier alpha value is -1.12. The van der Waals surface area contributed by atoms with Crippen LogP contribution in [0.4, 0.5) is 0 Å². The van der Waals surface area contributed by atoms with Crippen LogP contribution in [0.1, 0.15) is 123 Å². The van der Waals surface area contributed by atoms with Gasteiger partial charge in [-0.25, -0.2) is 0 Å². The standard InChI is InChI=1S/C32H48S2/c1-5-7-9-11-13-15-17-28-26(4)33-32-29(18-16-14-12-10-8-6-2)30(34-31(28)32)24-23-27-21-19-25(3)20-22-27/h19-22H,5-18,23-24H2,1-4H3. The van der Waals surface area contributed by atoms with Crippen LogP contribution in [0.3, 0.4) is 0 Å². The predicted molar refractivity (Wildman–Crippen MR) is 157 cm³/mol. The van der Waals surface area contributed by atoms with Crippen molar-refractivity contribution in [3.05, 3.63) is 56.3 Å². The number of aryl methyl sites for hydroxylation is 6. The Bertz CT molecular complexity index is 957. The summed E-state index contributed by atoms with van der Waals surface area (Å²) in [6.45, 7) is 9.18. The highest BCUT2D eigenvalue weighted by Crippen LogP contribution is 2.43. The summed E-state index contributed by atoms with van der Waals surface area (Å²) in [5, 5.41) is 0. The van der Waals surface area contributed by atoms with Gasteiger partial charge >= 0.3 is 0 Å².